The fourth-order valence-electron chi connectivity index (χ4n) is 3.07. The molecule has 2 aromatic rings. The molecule has 166 valence electrons. The number of nitrogens with zero attached hydrogens (tertiary/aromatic N) is 3. The zero-order valence-corrected chi connectivity index (χ0v) is 19.8. The summed E-state index contributed by atoms with van der Waals surface area (Å²) in [7, 11) is 1.72. The van der Waals surface area contributed by atoms with E-state index in [-0.39, 0.29) is 29.5 Å². The highest BCUT2D eigenvalue weighted by Gasteiger charge is 2.23. The van der Waals surface area contributed by atoms with E-state index >= 15 is 0 Å². The number of hydrogen-bond donors (Lipinski definition) is 0. The van der Waals surface area contributed by atoms with Crippen molar-refractivity contribution in [3.8, 4) is 6.07 Å². The summed E-state index contributed by atoms with van der Waals surface area (Å²) in [5.41, 5.74) is 3.17. The van der Waals surface area contributed by atoms with Crippen molar-refractivity contribution in [1.82, 2.24) is 9.78 Å². The van der Waals surface area contributed by atoms with Crippen molar-refractivity contribution in [2.24, 2.45) is 7.05 Å². The van der Waals surface area contributed by atoms with Gasteiger partial charge in [0.15, 0.2) is 5.76 Å². The van der Waals surface area contributed by atoms with Crippen LogP contribution in [0, 0.1) is 18.3 Å². The van der Waals surface area contributed by atoms with Gasteiger partial charge in [-0.05, 0) is 29.9 Å². The number of carbonyl (C=O) groups excluding carboxylic acids is 1. The van der Waals surface area contributed by atoms with E-state index in [1.807, 2.05) is 31.2 Å². The summed E-state index contributed by atoms with van der Waals surface area (Å²) < 4.78 is 12.6. The minimum absolute atomic E-state index is 0.0104. The molecule has 6 nitrogen and oxygen atoms in total. The zero-order valence-electron chi connectivity index (χ0n) is 19.1. The average molecular weight is 444 g/mol. The molecule has 2 rings (SSSR count). The number of rotatable bonds is 8. The molecular formula is C24H30ClN3O3. The highest BCUT2D eigenvalue weighted by molar-refractivity contribution is 6.33. The van der Waals surface area contributed by atoms with Gasteiger partial charge in [-0.3, -0.25) is 9.48 Å². The highest BCUT2D eigenvalue weighted by atomic mass is 35.5. The summed E-state index contributed by atoms with van der Waals surface area (Å²) in [6.45, 7) is 9.84. The molecule has 0 amide bonds. The van der Waals surface area contributed by atoms with Gasteiger partial charge in [-0.1, -0.05) is 70.0 Å². The van der Waals surface area contributed by atoms with Crippen molar-refractivity contribution in [2.75, 3.05) is 6.79 Å². The number of unbranched alkanes of at least 4 members (excludes halogenated alkanes) is 1. The number of hydrogen-bond acceptors (Lipinski definition) is 5. The van der Waals surface area contributed by atoms with Gasteiger partial charge in [0.05, 0.1) is 10.7 Å². The van der Waals surface area contributed by atoms with E-state index in [1.54, 1.807) is 18.7 Å². The molecule has 31 heavy (non-hydrogen) atoms. The van der Waals surface area contributed by atoms with Gasteiger partial charge in [-0.2, -0.15) is 10.4 Å². The lowest BCUT2D eigenvalue weighted by Gasteiger charge is -2.19. The van der Waals surface area contributed by atoms with Gasteiger partial charge in [0.25, 0.3) is 0 Å². The van der Waals surface area contributed by atoms with Crippen LogP contribution in [-0.2, 0) is 26.7 Å². The molecule has 0 spiro atoms. The molecule has 1 aromatic carbocycles. The largest absolute Gasteiger partial charge is 0.454 e. The second-order valence-electron chi connectivity index (χ2n) is 8.40. The summed E-state index contributed by atoms with van der Waals surface area (Å²) in [6.07, 6.45) is 1.97. The number of aryl methyl sites for hydroxylation is 2. The van der Waals surface area contributed by atoms with Crippen molar-refractivity contribution in [3.63, 3.8) is 0 Å². The molecule has 0 fully saturated rings. The minimum Gasteiger partial charge on any atom is -0.454 e. The summed E-state index contributed by atoms with van der Waals surface area (Å²) in [6, 6.07) is 9.97. The molecule has 0 aliphatic rings. The van der Waals surface area contributed by atoms with E-state index in [0.29, 0.717) is 28.4 Å². The normalized spacial score (nSPS) is 12.2. The number of allylic oxidation sites excluding steroid dienone is 1. The van der Waals surface area contributed by atoms with Crippen molar-refractivity contribution in [1.29, 1.82) is 5.26 Å². The van der Waals surface area contributed by atoms with Gasteiger partial charge >= 0.3 is 5.97 Å². The molecule has 0 saturated carbocycles. The fraction of sp³-hybridized carbons (Fsp3) is 0.458. The molecule has 0 atom stereocenters. The molecular weight excluding hydrogens is 414 g/mol. The molecule has 0 aliphatic carbocycles. The van der Waals surface area contributed by atoms with Crippen LogP contribution in [0.15, 0.2) is 24.3 Å². The lowest BCUT2D eigenvalue weighted by atomic mass is 9.86. The standard InChI is InChI=1S/C24H30ClN3O3/c1-7-8-9-20(29)30-15-31-23(22-21(25)16(2)27-28(22)6)19(14-26)17-10-12-18(13-11-17)24(3,4)5/h10-13H,7-9,15H2,1-6H3/b23-19-. The first-order valence-corrected chi connectivity index (χ1v) is 10.7. The van der Waals surface area contributed by atoms with Gasteiger partial charge in [-0.15, -0.1) is 0 Å². The van der Waals surface area contributed by atoms with E-state index in [2.05, 4.69) is 31.9 Å². The summed E-state index contributed by atoms with van der Waals surface area (Å²) in [4.78, 5) is 11.9. The Kier molecular flexibility index (Phi) is 8.29. The van der Waals surface area contributed by atoms with E-state index in [9.17, 15) is 10.1 Å². The van der Waals surface area contributed by atoms with Gasteiger partial charge in [0.2, 0.25) is 6.79 Å². The van der Waals surface area contributed by atoms with Crippen LogP contribution < -0.4 is 0 Å². The number of esters is 1. The Labute approximate surface area is 189 Å². The summed E-state index contributed by atoms with van der Waals surface area (Å²) >= 11 is 6.48. The fourth-order valence-corrected chi connectivity index (χ4v) is 3.31. The maximum atomic E-state index is 11.9. The third kappa shape index (κ3) is 6.11. The van der Waals surface area contributed by atoms with Crippen molar-refractivity contribution >= 4 is 28.9 Å². The summed E-state index contributed by atoms with van der Waals surface area (Å²) in [5, 5.41) is 14.7. The van der Waals surface area contributed by atoms with Crippen LogP contribution >= 0.6 is 11.6 Å². The Morgan fingerprint density at radius 3 is 2.35 bits per heavy atom. The van der Waals surface area contributed by atoms with Gasteiger partial charge in [0, 0.05) is 13.5 Å². The number of benzene rings is 1. The molecule has 1 aromatic heterocycles. The van der Waals surface area contributed by atoms with Crippen LogP contribution in [0.2, 0.25) is 5.02 Å². The first-order valence-electron chi connectivity index (χ1n) is 10.3. The Morgan fingerprint density at radius 2 is 1.87 bits per heavy atom. The Balaban J connectivity index is 2.47. The predicted octanol–water partition coefficient (Wildman–Crippen LogP) is 5.78. The molecule has 0 N–H and O–H groups in total. The summed E-state index contributed by atoms with van der Waals surface area (Å²) in [5.74, 6) is -0.121. The average Bonchev–Trinajstić information content (AvgIpc) is 2.97. The SMILES string of the molecule is CCCCC(=O)OCO/C(=C(/C#N)c1ccc(C(C)(C)C)cc1)c1c(Cl)c(C)nn1C. The zero-order chi connectivity index (χ0) is 23.2. The second-order valence-corrected chi connectivity index (χ2v) is 8.77. The van der Waals surface area contributed by atoms with Crippen molar-refractivity contribution < 1.29 is 14.3 Å². The Morgan fingerprint density at radius 1 is 1.23 bits per heavy atom. The van der Waals surface area contributed by atoms with Gasteiger partial charge < -0.3 is 9.47 Å². The van der Waals surface area contributed by atoms with Crippen molar-refractivity contribution in [3.05, 3.63) is 51.8 Å². The van der Waals surface area contributed by atoms with Crippen LogP contribution in [0.25, 0.3) is 11.3 Å². The van der Waals surface area contributed by atoms with Crippen LogP contribution in [0.1, 0.15) is 69.5 Å². The molecule has 0 aliphatic heterocycles. The minimum atomic E-state index is -0.346. The maximum absolute atomic E-state index is 11.9. The topological polar surface area (TPSA) is 77.1 Å². The molecule has 7 heteroatoms. The highest BCUT2D eigenvalue weighted by Crippen LogP contribution is 2.34. The maximum Gasteiger partial charge on any atom is 0.308 e. The third-order valence-corrected chi connectivity index (χ3v) is 5.35. The quantitative estimate of drug-likeness (QED) is 0.223. The lowest BCUT2D eigenvalue weighted by Crippen LogP contribution is -2.11. The molecule has 1 heterocycles. The first-order chi connectivity index (χ1) is 14.6. The van der Waals surface area contributed by atoms with E-state index < -0.39 is 0 Å². The van der Waals surface area contributed by atoms with E-state index in [1.165, 1.54) is 0 Å². The Hall–Kier alpha value is -2.78. The second kappa shape index (κ2) is 10.5. The number of halogens is 1. The smallest absolute Gasteiger partial charge is 0.308 e. The monoisotopic (exact) mass is 443 g/mol. The number of ether oxygens (including phenoxy) is 2. The van der Waals surface area contributed by atoms with E-state index in [0.717, 1.165) is 18.4 Å². The molecule has 0 radical (unpaired) electrons. The van der Waals surface area contributed by atoms with Crippen LogP contribution in [0.5, 0.6) is 0 Å². The number of aromatic nitrogens is 2. The van der Waals surface area contributed by atoms with Crippen LogP contribution in [0.4, 0.5) is 0 Å². The van der Waals surface area contributed by atoms with Crippen LogP contribution in [0.3, 0.4) is 0 Å². The number of carbonyl (C=O) groups is 1. The Bertz CT molecular complexity index is 993. The predicted molar refractivity (Wildman–Crippen MR) is 122 cm³/mol. The molecule has 0 unspecified atom stereocenters. The number of nitriles is 1. The molecule has 0 bridgehead atoms. The van der Waals surface area contributed by atoms with Crippen LogP contribution in [-0.4, -0.2) is 22.5 Å². The molecule has 0 saturated heterocycles. The first kappa shape index (κ1) is 24.5. The lowest BCUT2D eigenvalue weighted by molar-refractivity contribution is -0.151. The van der Waals surface area contributed by atoms with E-state index in [4.69, 9.17) is 21.1 Å². The van der Waals surface area contributed by atoms with Gasteiger partial charge in [0.1, 0.15) is 17.3 Å². The third-order valence-electron chi connectivity index (χ3n) is 4.90. The van der Waals surface area contributed by atoms with Crippen molar-refractivity contribution in [2.45, 2.75) is 59.3 Å². The van der Waals surface area contributed by atoms with Gasteiger partial charge in [-0.25, -0.2) is 0 Å².